The standard InChI is InChI=1S/C40H45N8.CHF3O3S/c1-2-3-4-5-6-7-8-9-10-11-12-13-14-20-27-48-28-21-18-25-34(48)38-37(33-24-17-19-26-43-33)46-39-35(44-29-41)31-22-15-16-23-32(31)36(45-30-42)40(39)47-38;2-1(3,4)8(5,6)7/h15-19,21-26,28H,2-14,20,27H2,1H3;(H,5,6,7)/q+1;/p-1. The molecule has 4 aromatic rings. The Bertz CT molecular complexity index is 2160. The van der Waals surface area contributed by atoms with Crippen molar-refractivity contribution < 1.29 is 30.7 Å². The van der Waals surface area contributed by atoms with Crippen molar-refractivity contribution in [2.45, 2.75) is 109 Å². The Morgan fingerprint density at radius 2 is 1.14 bits per heavy atom. The average molecular weight is 787 g/mol. The molecule has 0 bridgehead atoms. The van der Waals surface area contributed by atoms with Gasteiger partial charge < -0.3 is 4.55 Å². The van der Waals surface area contributed by atoms with Crippen LogP contribution in [0.25, 0.3) is 22.8 Å². The lowest BCUT2D eigenvalue weighted by molar-refractivity contribution is -0.686. The van der Waals surface area contributed by atoms with Gasteiger partial charge in [-0.25, -0.2) is 18.4 Å². The zero-order valence-corrected chi connectivity index (χ0v) is 32.2. The van der Waals surface area contributed by atoms with Crippen LogP contribution in [0.4, 0.5) is 13.2 Å². The minimum atomic E-state index is -6.09. The molecule has 0 aliphatic heterocycles. The molecule has 0 atom stereocenters. The predicted octanol–water partition coefficient (Wildman–Crippen LogP) is 8.98. The van der Waals surface area contributed by atoms with E-state index >= 15 is 0 Å². The molecule has 0 radical (unpaired) electrons. The number of pyridine rings is 2. The molecule has 5 rings (SSSR count). The summed E-state index contributed by atoms with van der Waals surface area (Å²) in [6.07, 6.45) is 26.2. The van der Waals surface area contributed by atoms with Gasteiger partial charge in [0.2, 0.25) is 18.1 Å². The Kier molecular flexibility index (Phi) is 16.8. The molecule has 0 saturated heterocycles. The summed E-state index contributed by atoms with van der Waals surface area (Å²) in [7, 11) is -6.09. The van der Waals surface area contributed by atoms with Crippen LogP contribution in [-0.2, 0) is 16.7 Å². The van der Waals surface area contributed by atoms with E-state index in [0.717, 1.165) is 18.7 Å². The van der Waals surface area contributed by atoms with Crippen molar-refractivity contribution in [1.29, 1.82) is 10.5 Å². The highest BCUT2D eigenvalue weighted by atomic mass is 32.2. The number of hydrogen-bond acceptors (Lipinski definition) is 10. The van der Waals surface area contributed by atoms with Crippen molar-refractivity contribution in [3.63, 3.8) is 0 Å². The van der Waals surface area contributed by atoms with Crippen molar-refractivity contribution in [3.8, 4) is 35.2 Å². The summed E-state index contributed by atoms with van der Waals surface area (Å²) in [4.78, 5) is 23.3. The Balaban J connectivity index is 0.000000784. The number of fused-ring (bicyclic) bond motifs is 2. The van der Waals surface area contributed by atoms with Crippen LogP contribution in [0.3, 0.4) is 0 Å². The maximum Gasteiger partial charge on any atom is 0.485 e. The van der Waals surface area contributed by atoms with E-state index in [9.17, 15) is 23.7 Å². The normalized spacial score (nSPS) is 13.6. The number of alkyl halides is 3. The zero-order valence-electron chi connectivity index (χ0n) is 31.4. The van der Waals surface area contributed by atoms with Gasteiger partial charge in [0, 0.05) is 35.9 Å². The molecule has 0 amide bonds. The molecule has 15 heteroatoms. The van der Waals surface area contributed by atoms with Crippen LogP contribution in [0.1, 0.15) is 119 Å². The van der Waals surface area contributed by atoms with Crippen LogP contribution >= 0.6 is 0 Å². The highest BCUT2D eigenvalue weighted by Crippen LogP contribution is 2.33. The first kappa shape index (κ1) is 43.3. The number of unbranched alkanes of at least 4 members (excludes halogenated alkanes) is 13. The minimum Gasteiger partial charge on any atom is -0.741 e. The van der Waals surface area contributed by atoms with Crippen molar-refractivity contribution in [2.75, 3.05) is 0 Å². The molecule has 0 spiro atoms. The lowest BCUT2D eigenvalue weighted by Gasteiger charge is -2.22. The lowest BCUT2D eigenvalue weighted by atomic mass is 9.88. The first-order valence-corrected chi connectivity index (χ1v) is 20.3. The van der Waals surface area contributed by atoms with E-state index in [4.69, 9.17) is 22.9 Å². The fraction of sp³-hybridized carbons (Fsp3) is 0.415. The summed E-state index contributed by atoms with van der Waals surface area (Å²) < 4.78 is 61.1. The molecule has 1 aromatic carbocycles. The zero-order chi connectivity index (χ0) is 40.4. The largest absolute Gasteiger partial charge is 0.741 e. The average Bonchev–Trinajstić information content (AvgIpc) is 3.19. The molecule has 0 fully saturated rings. The van der Waals surface area contributed by atoms with Gasteiger partial charge in [0.05, 0.1) is 5.69 Å². The van der Waals surface area contributed by atoms with Crippen molar-refractivity contribution in [3.05, 3.63) is 95.6 Å². The first-order chi connectivity index (χ1) is 27.0. The quantitative estimate of drug-likeness (QED) is 0.0295. The molecule has 0 unspecified atom stereocenters. The molecule has 3 aromatic heterocycles. The Hall–Kier alpha value is -5.38. The van der Waals surface area contributed by atoms with Crippen molar-refractivity contribution in [2.24, 2.45) is 9.98 Å². The van der Waals surface area contributed by atoms with Crippen LogP contribution in [0, 0.1) is 22.9 Å². The molecule has 3 heterocycles. The van der Waals surface area contributed by atoms with E-state index in [0.29, 0.717) is 51.0 Å². The van der Waals surface area contributed by atoms with Crippen LogP contribution in [-0.4, -0.2) is 44.9 Å². The molecular formula is C41H45F3N8O3S. The van der Waals surface area contributed by atoms with Crippen molar-refractivity contribution in [1.82, 2.24) is 15.0 Å². The Morgan fingerprint density at radius 3 is 1.61 bits per heavy atom. The van der Waals surface area contributed by atoms with E-state index in [2.05, 4.69) is 38.7 Å². The number of aliphatic imine (C=N–C) groups is 2. The number of aromatic nitrogens is 4. The lowest BCUT2D eigenvalue weighted by Crippen LogP contribution is -2.36. The number of benzene rings is 1. The van der Waals surface area contributed by atoms with E-state index in [1.54, 1.807) is 6.20 Å². The van der Waals surface area contributed by atoms with Gasteiger partial charge in [-0.3, -0.25) is 4.98 Å². The summed E-state index contributed by atoms with van der Waals surface area (Å²) in [5.74, 6) is 0. The van der Waals surface area contributed by atoms with E-state index in [-0.39, 0.29) is 0 Å². The summed E-state index contributed by atoms with van der Waals surface area (Å²) in [6, 6.07) is 19.3. The van der Waals surface area contributed by atoms with E-state index < -0.39 is 15.6 Å². The maximum absolute atomic E-state index is 10.7. The molecule has 11 nitrogen and oxygen atoms in total. The minimum absolute atomic E-state index is 0.402. The topological polar surface area (TPSA) is 172 Å². The monoisotopic (exact) mass is 786 g/mol. The van der Waals surface area contributed by atoms with Gasteiger partial charge in [-0.15, -0.1) is 0 Å². The highest BCUT2D eigenvalue weighted by Gasteiger charge is 2.37. The molecule has 0 saturated carbocycles. The molecule has 294 valence electrons. The molecule has 1 aliphatic rings. The number of halogens is 3. The van der Waals surface area contributed by atoms with Gasteiger partial charge in [-0.1, -0.05) is 114 Å². The van der Waals surface area contributed by atoms with Crippen LogP contribution in [0.15, 0.2) is 83.0 Å². The van der Waals surface area contributed by atoms with Crippen LogP contribution in [0.2, 0.25) is 0 Å². The summed E-state index contributed by atoms with van der Waals surface area (Å²) in [5, 5.41) is 19.3. The maximum atomic E-state index is 10.7. The fourth-order valence-corrected chi connectivity index (χ4v) is 6.47. The Labute approximate surface area is 326 Å². The second kappa shape index (κ2) is 21.6. The molecular weight excluding hydrogens is 742 g/mol. The molecule has 1 aliphatic carbocycles. The van der Waals surface area contributed by atoms with Gasteiger partial charge in [0.25, 0.3) is 0 Å². The molecule has 56 heavy (non-hydrogen) atoms. The second-order valence-electron chi connectivity index (χ2n) is 13.3. The van der Waals surface area contributed by atoms with Crippen molar-refractivity contribution >= 4 is 21.5 Å². The predicted molar refractivity (Wildman–Crippen MR) is 206 cm³/mol. The Morgan fingerprint density at radius 1 is 0.679 bits per heavy atom. The summed E-state index contributed by atoms with van der Waals surface area (Å²) in [6.45, 7) is 3.12. The van der Waals surface area contributed by atoms with Gasteiger partial charge in [-0.05, 0) is 24.6 Å². The number of nitrogens with zero attached hydrogens (tertiary/aromatic N) is 8. The first-order valence-electron chi connectivity index (χ1n) is 18.9. The van der Waals surface area contributed by atoms with Gasteiger partial charge in [-0.2, -0.15) is 38.2 Å². The van der Waals surface area contributed by atoms with Gasteiger partial charge in [0.1, 0.15) is 35.0 Å². The highest BCUT2D eigenvalue weighted by molar-refractivity contribution is 7.86. The molecule has 0 N–H and O–H groups in total. The fourth-order valence-electron chi connectivity index (χ4n) is 6.47. The van der Waals surface area contributed by atoms with Crippen LogP contribution < -0.4 is 4.57 Å². The SMILES string of the molecule is CCCCCCCCCCCCCCCC[n+]1ccccc1-c1nc2c(nc1-c1ccccn1)C(=NC#N)c1ccccc1C2=NC#N.O=S(=O)([O-])C(F)(F)F. The number of nitriles is 2. The second-order valence-corrected chi connectivity index (χ2v) is 14.6. The third-order valence-corrected chi connectivity index (χ3v) is 9.80. The van der Waals surface area contributed by atoms with Crippen LogP contribution in [0.5, 0.6) is 0 Å². The number of rotatable bonds is 17. The van der Waals surface area contributed by atoms with E-state index in [1.165, 1.54) is 83.5 Å². The van der Waals surface area contributed by atoms with Gasteiger partial charge >= 0.3 is 5.51 Å². The van der Waals surface area contributed by atoms with Gasteiger partial charge in [0.15, 0.2) is 22.0 Å². The number of aryl methyl sites for hydroxylation is 1. The smallest absolute Gasteiger partial charge is 0.485 e. The third kappa shape index (κ3) is 12.1. The summed E-state index contributed by atoms with van der Waals surface area (Å²) in [5.41, 5.74) is 0.144. The number of hydrogen-bond donors (Lipinski definition) is 0. The van der Waals surface area contributed by atoms with E-state index in [1.807, 2.05) is 67.0 Å². The third-order valence-electron chi connectivity index (χ3n) is 9.23. The summed E-state index contributed by atoms with van der Waals surface area (Å²) >= 11 is 0.